The molecular weight excluding hydrogens is 314 g/mol. The number of aliphatic hydroxyl groups excluding tert-OH is 1. The predicted molar refractivity (Wildman–Crippen MR) is 97.1 cm³/mol. The molecule has 2 aromatic carbocycles. The number of benzene rings is 2. The van der Waals surface area contributed by atoms with E-state index >= 15 is 0 Å². The van der Waals surface area contributed by atoms with Crippen molar-refractivity contribution in [2.24, 2.45) is 0 Å². The molecule has 3 N–H and O–H groups in total. The Hall–Kier alpha value is -2.56. The van der Waals surface area contributed by atoms with E-state index in [1.54, 1.807) is 14.0 Å². The highest BCUT2D eigenvalue weighted by atomic mass is 16.5. The van der Waals surface area contributed by atoms with Crippen molar-refractivity contribution in [3.05, 3.63) is 77.6 Å². The molecule has 1 atom stereocenters. The van der Waals surface area contributed by atoms with Gasteiger partial charge in [-0.3, -0.25) is 0 Å². The van der Waals surface area contributed by atoms with Gasteiger partial charge in [0.2, 0.25) is 0 Å². The first-order valence-corrected chi connectivity index (χ1v) is 8.47. The third kappa shape index (κ3) is 4.50. The quantitative estimate of drug-likeness (QED) is 0.695. The van der Waals surface area contributed by atoms with Crippen molar-refractivity contribution in [1.82, 2.24) is 0 Å². The van der Waals surface area contributed by atoms with Crippen LogP contribution in [0.3, 0.4) is 0 Å². The Bertz CT molecular complexity index is 789. The van der Waals surface area contributed by atoms with Crippen LogP contribution in [0.25, 0.3) is 11.3 Å². The molecule has 0 aliphatic rings. The lowest BCUT2D eigenvalue weighted by Gasteiger charge is -2.05. The van der Waals surface area contributed by atoms with E-state index in [0.717, 1.165) is 41.5 Å². The van der Waals surface area contributed by atoms with Gasteiger partial charge in [0.15, 0.2) is 5.76 Å². The van der Waals surface area contributed by atoms with E-state index in [1.807, 2.05) is 48.5 Å². The molecule has 3 aromatic rings. The van der Waals surface area contributed by atoms with Crippen molar-refractivity contribution < 1.29 is 19.6 Å². The number of nitrogens with two attached hydrogens (primary N) is 1. The van der Waals surface area contributed by atoms with Gasteiger partial charge in [0.1, 0.15) is 24.6 Å². The summed E-state index contributed by atoms with van der Waals surface area (Å²) in [6.07, 6.45) is -0.450. The van der Waals surface area contributed by atoms with Crippen LogP contribution in [0.1, 0.15) is 29.9 Å². The summed E-state index contributed by atoms with van der Waals surface area (Å²) in [6.45, 7) is 3.44. The maximum absolute atomic E-state index is 9.58. The number of hydrogen-bond acceptors (Lipinski definition) is 3. The second-order valence-electron chi connectivity index (χ2n) is 6.11. The maximum Gasteiger partial charge on any atom is 0.158 e. The van der Waals surface area contributed by atoms with Crippen LogP contribution in [0, 0.1) is 0 Å². The van der Waals surface area contributed by atoms with E-state index < -0.39 is 6.10 Å². The molecule has 25 heavy (non-hydrogen) atoms. The van der Waals surface area contributed by atoms with Crippen molar-refractivity contribution in [2.45, 2.75) is 26.1 Å². The number of quaternary nitrogens is 1. The highest BCUT2D eigenvalue weighted by Crippen LogP contribution is 2.24. The van der Waals surface area contributed by atoms with Gasteiger partial charge in [-0.25, -0.2) is 0 Å². The van der Waals surface area contributed by atoms with E-state index in [1.165, 1.54) is 5.56 Å². The van der Waals surface area contributed by atoms with Crippen LogP contribution >= 0.6 is 0 Å². The molecule has 3 rings (SSSR count). The molecule has 0 radical (unpaired) electrons. The molecule has 1 aromatic heterocycles. The first-order chi connectivity index (χ1) is 12.2. The number of aliphatic hydroxyl groups is 1. The Morgan fingerprint density at radius 1 is 0.960 bits per heavy atom. The molecular formula is C21H24NO3+. The van der Waals surface area contributed by atoms with Crippen LogP contribution in [0.15, 0.2) is 65.1 Å². The summed E-state index contributed by atoms with van der Waals surface area (Å²) in [5, 5.41) is 11.8. The molecule has 0 fully saturated rings. The fourth-order valence-electron chi connectivity index (χ4n) is 2.71. The molecule has 0 aliphatic heterocycles. The van der Waals surface area contributed by atoms with Gasteiger partial charge in [-0.05, 0) is 48.9 Å². The van der Waals surface area contributed by atoms with E-state index in [2.05, 4.69) is 17.4 Å². The van der Waals surface area contributed by atoms with Gasteiger partial charge in [0.05, 0.1) is 13.2 Å². The summed E-state index contributed by atoms with van der Waals surface area (Å²) >= 11 is 0. The zero-order valence-electron chi connectivity index (χ0n) is 14.6. The molecule has 1 heterocycles. The normalized spacial score (nSPS) is 12.1. The Kier molecular flexibility index (Phi) is 5.53. The summed E-state index contributed by atoms with van der Waals surface area (Å²) in [6, 6.07) is 19.9. The standard InChI is InChI=1S/C21H23NO3/c1-15(23)17-5-7-18(8-6-17)21-12-11-20(25-21)14-22-13-16-3-9-19(24-2)10-4-16/h3-12,15,22-23H,13-14H2,1-2H3/p+1/t15-/m0/s1. The van der Waals surface area contributed by atoms with E-state index in [4.69, 9.17) is 9.15 Å². The molecule has 0 saturated heterocycles. The molecule has 0 amide bonds. The predicted octanol–water partition coefficient (Wildman–Crippen LogP) is 3.27. The summed E-state index contributed by atoms with van der Waals surface area (Å²) in [5.74, 6) is 2.68. The minimum absolute atomic E-state index is 0.450. The third-order valence-electron chi connectivity index (χ3n) is 4.22. The minimum Gasteiger partial charge on any atom is -0.497 e. The van der Waals surface area contributed by atoms with Gasteiger partial charge < -0.3 is 19.6 Å². The largest absolute Gasteiger partial charge is 0.497 e. The molecule has 0 spiro atoms. The van der Waals surface area contributed by atoms with Gasteiger partial charge in [-0.1, -0.05) is 24.3 Å². The number of ether oxygens (including phenoxy) is 1. The first-order valence-electron chi connectivity index (χ1n) is 8.47. The van der Waals surface area contributed by atoms with Gasteiger partial charge in [0.25, 0.3) is 0 Å². The molecule has 0 unspecified atom stereocenters. The fraction of sp³-hybridized carbons (Fsp3) is 0.238. The summed E-state index contributed by atoms with van der Waals surface area (Å²) < 4.78 is 11.1. The summed E-state index contributed by atoms with van der Waals surface area (Å²) in [4.78, 5) is 0. The van der Waals surface area contributed by atoms with Gasteiger partial charge in [0, 0.05) is 11.1 Å². The zero-order chi connectivity index (χ0) is 17.6. The van der Waals surface area contributed by atoms with Crippen LogP contribution in [0.2, 0.25) is 0 Å². The van der Waals surface area contributed by atoms with E-state index in [9.17, 15) is 5.11 Å². The zero-order valence-corrected chi connectivity index (χ0v) is 14.6. The van der Waals surface area contributed by atoms with Crippen molar-refractivity contribution in [2.75, 3.05) is 7.11 Å². The number of hydrogen-bond donors (Lipinski definition) is 2. The lowest BCUT2D eigenvalue weighted by atomic mass is 10.1. The summed E-state index contributed by atoms with van der Waals surface area (Å²) in [7, 11) is 1.67. The fourth-order valence-corrected chi connectivity index (χ4v) is 2.71. The minimum atomic E-state index is -0.450. The maximum atomic E-state index is 9.58. The van der Waals surface area contributed by atoms with Crippen LogP contribution in [0.5, 0.6) is 5.75 Å². The van der Waals surface area contributed by atoms with Gasteiger partial charge in [-0.15, -0.1) is 0 Å². The van der Waals surface area contributed by atoms with Crippen LogP contribution in [-0.2, 0) is 13.1 Å². The van der Waals surface area contributed by atoms with E-state index in [-0.39, 0.29) is 0 Å². The smallest absolute Gasteiger partial charge is 0.158 e. The topological polar surface area (TPSA) is 59.2 Å². The Morgan fingerprint density at radius 3 is 2.32 bits per heavy atom. The van der Waals surface area contributed by atoms with Crippen LogP contribution < -0.4 is 10.1 Å². The lowest BCUT2D eigenvalue weighted by Crippen LogP contribution is -2.80. The molecule has 4 heteroatoms. The van der Waals surface area contributed by atoms with Crippen LogP contribution in [0.4, 0.5) is 0 Å². The van der Waals surface area contributed by atoms with Gasteiger partial charge >= 0.3 is 0 Å². The monoisotopic (exact) mass is 338 g/mol. The van der Waals surface area contributed by atoms with Crippen molar-refractivity contribution in [3.8, 4) is 17.1 Å². The number of rotatable bonds is 7. The SMILES string of the molecule is COc1ccc(C[NH2+]Cc2ccc(-c3ccc([C@H](C)O)cc3)o2)cc1. The van der Waals surface area contributed by atoms with Crippen LogP contribution in [-0.4, -0.2) is 12.2 Å². The molecule has 4 nitrogen and oxygen atoms in total. The molecule has 130 valence electrons. The third-order valence-corrected chi connectivity index (χ3v) is 4.22. The molecule has 0 saturated carbocycles. The van der Waals surface area contributed by atoms with Crippen molar-refractivity contribution in [1.29, 1.82) is 0 Å². The van der Waals surface area contributed by atoms with Crippen molar-refractivity contribution >= 4 is 0 Å². The average Bonchev–Trinajstić information content (AvgIpc) is 3.11. The van der Waals surface area contributed by atoms with Gasteiger partial charge in [-0.2, -0.15) is 0 Å². The van der Waals surface area contributed by atoms with E-state index in [0.29, 0.717) is 0 Å². The molecule has 0 aliphatic carbocycles. The Morgan fingerprint density at radius 2 is 1.68 bits per heavy atom. The Balaban J connectivity index is 1.56. The number of methoxy groups -OCH3 is 1. The Labute approximate surface area is 148 Å². The summed E-state index contributed by atoms with van der Waals surface area (Å²) in [5.41, 5.74) is 3.18. The molecule has 0 bridgehead atoms. The highest BCUT2D eigenvalue weighted by Gasteiger charge is 2.07. The number of furan rings is 1. The second-order valence-corrected chi connectivity index (χ2v) is 6.11. The lowest BCUT2D eigenvalue weighted by molar-refractivity contribution is -0.687. The van der Waals surface area contributed by atoms with Crippen molar-refractivity contribution in [3.63, 3.8) is 0 Å². The second kappa shape index (κ2) is 8.01. The highest BCUT2D eigenvalue weighted by molar-refractivity contribution is 5.58. The average molecular weight is 338 g/mol. The first kappa shape index (κ1) is 17.3.